The molecule has 1 aromatic carbocycles. The van der Waals surface area contributed by atoms with Crippen molar-refractivity contribution in [3.8, 4) is 6.07 Å². The summed E-state index contributed by atoms with van der Waals surface area (Å²) < 4.78 is 19.8. The number of hydrogen-bond acceptors (Lipinski definition) is 3. The predicted octanol–water partition coefficient (Wildman–Crippen LogP) is 2.07. The van der Waals surface area contributed by atoms with Gasteiger partial charge in [-0.15, -0.1) is 0 Å². The molecule has 0 saturated carbocycles. The van der Waals surface area contributed by atoms with Gasteiger partial charge in [-0.1, -0.05) is 6.07 Å². The van der Waals surface area contributed by atoms with E-state index < -0.39 is 5.82 Å². The van der Waals surface area contributed by atoms with Gasteiger partial charge in [-0.3, -0.25) is 0 Å². The van der Waals surface area contributed by atoms with Crippen molar-refractivity contribution in [3.63, 3.8) is 0 Å². The molecule has 2 bridgehead atoms. The highest BCUT2D eigenvalue weighted by Crippen LogP contribution is 2.34. The van der Waals surface area contributed by atoms with Crippen LogP contribution < -0.4 is 10.6 Å². The van der Waals surface area contributed by atoms with Gasteiger partial charge >= 0.3 is 0 Å². The molecule has 3 atom stereocenters. The number of nitriles is 1. The number of hydrogen-bond donors (Lipinski definition) is 2. The van der Waals surface area contributed by atoms with Gasteiger partial charge in [0.2, 0.25) is 0 Å². The van der Waals surface area contributed by atoms with Gasteiger partial charge in [0.05, 0.1) is 36.4 Å². The Hall–Kier alpha value is -2.13. The van der Waals surface area contributed by atoms with Crippen molar-refractivity contribution < 1.29 is 9.13 Å². The van der Waals surface area contributed by atoms with Crippen LogP contribution in [0.25, 0.3) is 0 Å². The summed E-state index contributed by atoms with van der Waals surface area (Å²) >= 11 is 0. The Kier molecular flexibility index (Phi) is 4.77. The molecule has 6 heteroatoms. The Morgan fingerprint density at radius 2 is 2.35 bits per heavy atom. The lowest BCUT2D eigenvalue weighted by Crippen LogP contribution is -2.47. The van der Waals surface area contributed by atoms with Gasteiger partial charge in [0.1, 0.15) is 5.82 Å². The van der Waals surface area contributed by atoms with Crippen LogP contribution in [0.3, 0.4) is 0 Å². The molecule has 2 aliphatic rings. The summed E-state index contributed by atoms with van der Waals surface area (Å²) in [6.45, 7) is 2.97. The Morgan fingerprint density at radius 3 is 2.96 bits per heavy atom. The van der Waals surface area contributed by atoms with Gasteiger partial charge < -0.3 is 15.4 Å². The number of rotatable bonds is 4. The highest BCUT2D eigenvalue weighted by atomic mass is 19.1. The highest BCUT2D eigenvalue weighted by molar-refractivity contribution is 5.80. The van der Waals surface area contributed by atoms with Crippen LogP contribution in [-0.4, -0.2) is 30.8 Å². The fourth-order valence-electron chi connectivity index (χ4n) is 3.19. The van der Waals surface area contributed by atoms with Crippen molar-refractivity contribution >= 4 is 5.96 Å². The maximum atomic E-state index is 13.9. The molecule has 2 aliphatic heterocycles. The molecule has 23 heavy (non-hydrogen) atoms. The third-order valence-corrected chi connectivity index (χ3v) is 4.36. The minimum Gasteiger partial charge on any atom is -0.373 e. The summed E-state index contributed by atoms with van der Waals surface area (Å²) in [4.78, 5) is 4.46. The molecule has 2 fully saturated rings. The molecular formula is C17H21FN4O. The topological polar surface area (TPSA) is 69.4 Å². The van der Waals surface area contributed by atoms with E-state index in [0.717, 1.165) is 25.8 Å². The minimum atomic E-state index is -0.396. The van der Waals surface area contributed by atoms with Crippen molar-refractivity contribution in [1.82, 2.24) is 10.6 Å². The molecule has 1 aromatic rings. The summed E-state index contributed by atoms with van der Waals surface area (Å²) in [7, 11) is 0. The first-order valence-electron chi connectivity index (χ1n) is 8.08. The van der Waals surface area contributed by atoms with Crippen molar-refractivity contribution in [3.05, 3.63) is 35.1 Å². The van der Waals surface area contributed by atoms with Gasteiger partial charge in [-0.25, -0.2) is 9.38 Å². The second-order valence-corrected chi connectivity index (χ2v) is 5.97. The largest absolute Gasteiger partial charge is 0.373 e. The molecule has 3 unspecified atom stereocenters. The molecule has 0 spiro atoms. The van der Waals surface area contributed by atoms with Crippen LogP contribution in [0.15, 0.2) is 23.2 Å². The molecule has 3 rings (SSSR count). The van der Waals surface area contributed by atoms with E-state index in [1.54, 1.807) is 12.1 Å². The van der Waals surface area contributed by atoms with Crippen LogP contribution in [0.4, 0.5) is 4.39 Å². The summed E-state index contributed by atoms with van der Waals surface area (Å²) in [5.41, 5.74) is 0.796. The fourth-order valence-corrected chi connectivity index (χ4v) is 3.19. The number of benzene rings is 1. The van der Waals surface area contributed by atoms with Crippen molar-refractivity contribution in [2.45, 2.75) is 51.0 Å². The lowest BCUT2D eigenvalue weighted by Gasteiger charge is -2.22. The van der Waals surface area contributed by atoms with Crippen molar-refractivity contribution in [1.29, 1.82) is 5.26 Å². The van der Waals surface area contributed by atoms with Gasteiger partial charge in [0.15, 0.2) is 5.96 Å². The highest BCUT2D eigenvalue weighted by Gasteiger charge is 2.41. The number of nitrogens with zero attached hydrogens (tertiary/aromatic N) is 2. The van der Waals surface area contributed by atoms with E-state index in [4.69, 9.17) is 10.00 Å². The smallest absolute Gasteiger partial charge is 0.191 e. The summed E-state index contributed by atoms with van der Waals surface area (Å²) in [5.74, 6) is 0.282. The molecule has 122 valence electrons. The zero-order chi connectivity index (χ0) is 16.2. The lowest BCUT2D eigenvalue weighted by molar-refractivity contribution is 0.0992. The van der Waals surface area contributed by atoms with Crippen LogP contribution in [0.2, 0.25) is 0 Å². The normalized spacial score (nSPS) is 26.1. The average Bonchev–Trinajstić information content (AvgIpc) is 3.16. The molecule has 2 N–H and O–H groups in total. The predicted molar refractivity (Wildman–Crippen MR) is 85.4 cm³/mol. The maximum absolute atomic E-state index is 13.9. The fraction of sp³-hybridized carbons (Fsp3) is 0.529. The first-order valence-corrected chi connectivity index (χ1v) is 8.08. The van der Waals surface area contributed by atoms with Crippen LogP contribution >= 0.6 is 0 Å². The Labute approximate surface area is 135 Å². The molecule has 0 aliphatic carbocycles. The van der Waals surface area contributed by atoms with E-state index >= 15 is 0 Å². The molecular weight excluding hydrogens is 295 g/mol. The monoisotopic (exact) mass is 316 g/mol. The summed E-state index contributed by atoms with van der Waals surface area (Å²) in [6, 6.07) is 6.67. The van der Waals surface area contributed by atoms with Crippen LogP contribution in [0, 0.1) is 17.1 Å². The van der Waals surface area contributed by atoms with E-state index in [1.807, 2.05) is 13.0 Å². The Balaban J connectivity index is 1.66. The van der Waals surface area contributed by atoms with Gasteiger partial charge in [-0.2, -0.15) is 5.26 Å². The average molecular weight is 316 g/mol. The molecule has 2 heterocycles. The second kappa shape index (κ2) is 6.97. The summed E-state index contributed by atoms with van der Waals surface area (Å²) in [5, 5.41) is 15.4. The van der Waals surface area contributed by atoms with E-state index in [0.29, 0.717) is 23.2 Å². The number of aliphatic imine (C=N–C) groups is 1. The summed E-state index contributed by atoms with van der Waals surface area (Å²) in [6.07, 6.45) is 3.87. The molecule has 2 saturated heterocycles. The first-order chi connectivity index (χ1) is 11.2. The standard InChI is InChI=1S/C17H21FN4O/c1-2-20-17(22-15-8-13-5-6-16(15)23-13)21-10-12-4-3-11(9-19)7-14(12)18/h3-4,7,13,15-16H,2,5-6,8,10H2,1H3,(H2,20,21,22). The molecule has 0 aromatic heterocycles. The molecule has 0 radical (unpaired) electrons. The molecule has 0 amide bonds. The van der Waals surface area contributed by atoms with E-state index in [-0.39, 0.29) is 18.7 Å². The minimum absolute atomic E-state index is 0.231. The van der Waals surface area contributed by atoms with Gasteiger partial charge in [-0.05, 0) is 38.3 Å². The van der Waals surface area contributed by atoms with E-state index in [1.165, 1.54) is 6.07 Å². The SMILES string of the molecule is CCNC(=NCc1ccc(C#N)cc1F)NC1CC2CCC1O2. The molecule has 5 nitrogen and oxygen atoms in total. The number of guanidine groups is 1. The Morgan fingerprint density at radius 1 is 1.48 bits per heavy atom. The third-order valence-electron chi connectivity index (χ3n) is 4.36. The second-order valence-electron chi connectivity index (χ2n) is 5.97. The van der Waals surface area contributed by atoms with Crippen molar-refractivity contribution in [2.24, 2.45) is 4.99 Å². The number of halogens is 1. The van der Waals surface area contributed by atoms with Gasteiger partial charge in [0, 0.05) is 12.1 Å². The quantitative estimate of drug-likeness (QED) is 0.659. The first kappa shape index (κ1) is 15.8. The number of ether oxygens (including phenoxy) is 1. The maximum Gasteiger partial charge on any atom is 0.191 e. The van der Waals surface area contributed by atoms with Crippen LogP contribution in [0.5, 0.6) is 0 Å². The zero-order valence-electron chi connectivity index (χ0n) is 13.2. The van der Waals surface area contributed by atoms with Gasteiger partial charge in [0.25, 0.3) is 0 Å². The van der Waals surface area contributed by atoms with Crippen LogP contribution in [0.1, 0.15) is 37.3 Å². The zero-order valence-corrected chi connectivity index (χ0v) is 13.2. The van der Waals surface area contributed by atoms with Crippen molar-refractivity contribution in [2.75, 3.05) is 6.54 Å². The van der Waals surface area contributed by atoms with E-state index in [2.05, 4.69) is 15.6 Å². The number of nitrogens with one attached hydrogen (secondary N) is 2. The van der Waals surface area contributed by atoms with Crippen LogP contribution in [-0.2, 0) is 11.3 Å². The Bertz CT molecular complexity index is 640. The lowest BCUT2D eigenvalue weighted by atomic mass is 9.96. The third kappa shape index (κ3) is 3.62. The number of fused-ring (bicyclic) bond motifs is 2. The van der Waals surface area contributed by atoms with E-state index in [9.17, 15) is 4.39 Å².